The molecule has 0 heterocycles. The van der Waals surface area contributed by atoms with Crippen molar-refractivity contribution in [1.29, 1.82) is 0 Å². The summed E-state index contributed by atoms with van der Waals surface area (Å²) in [6.45, 7) is 1.83. The highest BCUT2D eigenvalue weighted by Crippen LogP contribution is 2.27. The van der Waals surface area contributed by atoms with Gasteiger partial charge in [-0.2, -0.15) is 0 Å². The maximum Gasteiger partial charge on any atom is 0.262 e. The second-order valence-corrected chi connectivity index (χ2v) is 5.12. The maximum atomic E-state index is 11.8. The van der Waals surface area contributed by atoms with Gasteiger partial charge in [-0.05, 0) is 36.8 Å². The van der Waals surface area contributed by atoms with Crippen molar-refractivity contribution >= 4 is 34.8 Å². The Morgan fingerprint density at radius 1 is 1.20 bits per heavy atom. The van der Waals surface area contributed by atoms with E-state index in [0.29, 0.717) is 15.8 Å². The lowest BCUT2D eigenvalue weighted by molar-refractivity contribution is -0.118. The Morgan fingerprint density at radius 3 is 2.75 bits per heavy atom. The fourth-order valence-corrected chi connectivity index (χ4v) is 1.99. The number of anilines is 1. The van der Waals surface area contributed by atoms with Gasteiger partial charge in [0, 0.05) is 16.8 Å². The van der Waals surface area contributed by atoms with Crippen LogP contribution in [0, 0.1) is 6.92 Å². The Bertz CT molecular complexity index is 629. The Labute approximate surface area is 127 Å². The largest absolute Gasteiger partial charge is 0.482 e. The van der Waals surface area contributed by atoms with Crippen molar-refractivity contribution in [2.75, 3.05) is 11.9 Å². The van der Waals surface area contributed by atoms with E-state index in [1.807, 2.05) is 31.2 Å². The Morgan fingerprint density at radius 2 is 2.00 bits per heavy atom. The zero-order valence-electron chi connectivity index (χ0n) is 10.8. The van der Waals surface area contributed by atoms with Crippen LogP contribution in [0.25, 0.3) is 0 Å². The molecule has 2 aromatic carbocycles. The lowest BCUT2D eigenvalue weighted by Crippen LogP contribution is -2.20. The molecule has 0 atom stereocenters. The SMILES string of the molecule is Cc1cccc(NC(=O)COc2cc(Cl)ccc2Cl)c1. The van der Waals surface area contributed by atoms with E-state index in [-0.39, 0.29) is 12.5 Å². The first-order valence-corrected chi connectivity index (χ1v) is 6.74. The predicted molar refractivity (Wildman–Crippen MR) is 81.8 cm³/mol. The topological polar surface area (TPSA) is 38.3 Å². The summed E-state index contributed by atoms with van der Waals surface area (Å²) in [6.07, 6.45) is 0. The number of halogens is 2. The monoisotopic (exact) mass is 309 g/mol. The van der Waals surface area contributed by atoms with E-state index >= 15 is 0 Å². The van der Waals surface area contributed by atoms with Crippen molar-refractivity contribution in [3.05, 3.63) is 58.1 Å². The molecule has 20 heavy (non-hydrogen) atoms. The Balaban J connectivity index is 1.94. The van der Waals surface area contributed by atoms with Crippen LogP contribution in [0.3, 0.4) is 0 Å². The second-order valence-electron chi connectivity index (χ2n) is 4.28. The normalized spacial score (nSPS) is 10.2. The number of hydrogen-bond acceptors (Lipinski definition) is 2. The van der Waals surface area contributed by atoms with E-state index in [4.69, 9.17) is 27.9 Å². The molecule has 1 N–H and O–H groups in total. The van der Waals surface area contributed by atoms with Gasteiger partial charge in [-0.15, -0.1) is 0 Å². The zero-order valence-corrected chi connectivity index (χ0v) is 12.3. The van der Waals surface area contributed by atoms with Gasteiger partial charge in [-0.3, -0.25) is 4.79 Å². The van der Waals surface area contributed by atoms with Crippen molar-refractivity contribution in [3.63, 3.8) is 0 Å². The summed E-state index contributed by atoms with van der Waals surface area (Å²) in [5.41, 5.74) is 1.80. The molecule has 0 aliphatic carbocycles. The molecule has 0 fully saturated rings. The average Bonchev–Trinajstić information content (AvgIpc) is 2.40. The molecule has 0 saturated heterocycles. The minimum atomic E-state index is -0.258. The summed E-state index contributed by atoms with van der Waals surface area (Å²) in [4.78, 5) is 11.8. The highest BCUT2D eigenvalue weighted by molar-refractivity contribution is 6.34. The molecular weight excluding hydrogens is 297 g/mol. The summed E-state index contributed by atoms with van der Waals surface area (Å²) in [5.74, 6) is 0.130. The van der Waals surface area contributed by atoms with Crippen molar-refractivity contribution in [3.8, 4) is 5.75 Å². The van der Waals surface area contributed by atoms with Crippen molar-refractivity contribution in [1.82, 2.24) is 0 Å². The first-order chi connectivity index (χ1) is 9.54. The van der Waals surface area contributed by atoms with Gasteiger partial charge in [0.15, 0.2) is 6.61 Å². The van der Waals surface area contributed by atoms with Gasteiger partial charge >= 0.3 is 0 Å². The molecule has 0 bridgehead atoms. The minimum Gasteiger partial charge on any atom is -0.482 e. The van der Waals surface area contributed by atoms with E-state index in [1.165, 1.54) is 0 Å². The summed E-state index contributed by atoms with van der Waals surface area (Å²) < 4.78 is 5.35. The van der Waals surface area contributed by atoms with Crippen LogP contribution in [0.4, 0.5) is 5.69 Å². The summed E-state index contributed by atoms with van der Waals surface area (Å²) in [6, 6.07) is 12.4. The molecule has 2 rings (SSSR count). The van der Waals surface area contributed by atoms with Crippen molar-refractivity contribution < 1.29 is 9.53 Å². The number of aryl methyl sites for hydroxylation is 1. The molecular formula is C15H13Cl2NO2. The lowest BCUT2D eigenvalue weighted by atomic mass is 10.2. The van der Waals surface area contributed by atoms with Gasteiger partial charge in [-0.1, -0.05) is 35.3 Å². The van der Waals surface area contributed by atoms with Crippen LogP contribution >= 0.6 is 23.2 Å². The number of carbonyl (C=O) groups is 1. The van der Waals surface area contributed by atoms with E-state index < -0.39 is 0 Å². The number of ether oxygens (including phenoxy) is 1. The first kappa shape index (κ1) is 14.7. The third-order valence-corrected chi connectivity index (χ3v) is 3.10. The Kier molecular flexibility index (Phi) is 4.88. The van der Waals surface area contributed by atoms with Gasteiger partial charge in [0.1, 0.15) is 5.75 Å². The molecule has 0 saturated carbocycles. The van der Waals surface area contributed by atoms with Crippen molar-refractivity contribution in [2.24, 2.45) is 0 Å². The molecule has 0 aliphatic heterocycles. The number of rotatable bonds is 4. The molecule has 5 heteroatoms. The molecule has 0 spiro atoms. The summed E-state index contributed by atoms with van der Waals surface area (Å²) in [7, 11) is 0. The number of amides is 1. The van der Waals surface area contributed by atoms with Crippen LogP contribution in [-0.2, 0) is 4.79 Å². The molecule has 104 valence electrons. The van der Waals surface area contributed by atoms with Crippen LogP contribution in [0.5, 0.6) is 5.75 Å². The maximum absolute atomic E-state index is 11.8. The number of hydrogen-bond donors (Lipinski definition) is 1. The molecule has 0 aliphatic rings. The highest BCUT2D eigenvalue weighted by Gasteiger charge is 2.07. The van der Waals surface area contributed by atoms with Gasteiger partial charge in [0.25, 0.3) is 5.91 Å². The lowest BCUT2D eigenvalue weighted by Gasteiger charge is -2.09. The number of nitrogens with one attached hydrogen (secondary N) is 1. The van der Waals surface area contributed by atoms with Crippen LogP contribution in [0.2, 0.25) is 10.0 Å². The van der Waals surface area contributed by atoms with Crippen LogP contribution in [0.15, 0.2) is 42.5 Å². The molecule has 3 nitrogen and oxygen atoms in total. The van der Waals surface area contributed by atoms with Crippen LogP contribution in [-0.4, -0.2) is 12.5 Å². The van der Waals surface area contributed by atoms with E-state index in [1.54, 1.807) is 18.2 Å². The Hall–Kier alpha value is -1.71. The number of carbonyl (C=O) groups excluding carboxylic acids is 1. The molecule has 0 aromatic heterocycles. The summed E-state index contributed by atoms with van der Waals surface area (Å²) in [5, 5.41) is 3.66. The highest BCUT2D eigenvalue weighted by atomic mass is 35.5. The molecule has 2 aromatic rings. The smallest absolute Gasteiger partial charge is 0.262 e. The predicted octanol–water partition coefficient (Wildman–Crippen LogP) is 4.32. The fraction of sp³-hybridized carbons (Fsp3) is 0.133. The van der Waals surface area contributed by atoms with Gasteiger partial charge < -0.3 is 10.1 Å². The van der Waals surface area contributed by atoms with Gasteiger partial charge in [0.05, 0.1) is 5.02 Å². The van der Waals surface area contributed by atoms with Gasteiger partial charge in [-0.25, -0.2) is 0 Å². The van der Waals surface area contributed by atoms with Crippen LogP contribution in [0.1, 0.15) is 5.56 Å². The molecule has 0 radical (unpaired) electrons. The van der Waals surface area contributed by atoms with E-state index in [2.05, 4.69) is 5.32 Å². The zero-order chi connectivity index (χ0) is 14.5. The van der Waals surface area contributed by atoms with E-state index in [9.17, 15) is 4.79 Å². The fourth-order valence-electron chi connectivity index (χ4n) is 1.65. The van der Waals surface area contributed by atoms with Crippen molar-refractivity contribution in [2.45, 2.75) is 6.92 Å². The average molecular weight is 310 g/mol. The molecule has 0 unspecified atom stereocenters. The first-order valence-electron chi connectivity index (χ1n) is 5.99. The second kappa shape index (κ2) is 6.64. The third-order valence-electron chi connectivity index (χ3n) is 2.55. The minimum absolute atomic E-state index is 0.131. The quantitative estimate of drug-likeness (QED) is 0.913. The molecule has 1 amide bonds. The number of benzene rings is 2. The van der Waals surface area contributed by atoms with Gasteiger partial charge in [0.2, 0.25) is 0 Å². The van der Waals surface area contributed by atoms with E-state index in [0.717, 1.165) is 11.3 Å². The standard InChI is InChI=1S/C15H13Cl2NO2/c1-10-3-2-4-12(7-10)18-15(19)9-20-14-8-11(16)5-6-13(14)17/h2-8H,9H2,1H3,(H,18,19). The third kappa shape index (κ3) is 4.15. The summed E-state index contributed by atoms with van der Waals surface area (Å²) >= 11 is 11.8. The van der Waals surface area contributed by atoms with Crippen LogP contribution < -0.4 is 10.1 Å².